The second kappa shape index (κ2) is 5.17. The topological polar surface area (TPSA) is 97.9 Å². The fraction of sp³-hybridized carbons (Fsp3) is 0.200. The molecular weight excluding hydrogens is 224 g/mol. The van der Waals surface area contributed by atoms with Crippen molar-refractivity contribution in [2.24, 2.45) is 10.4 Å². The normalized spacial score (nSPS) is 13.0. The van der Waals surface area contributed by atoms with Gasteiger partial charge in [0.1, 0.15) is 6.10 Å². The van der Waals surface area contributed by atoms with Crippen molar-refractivity contribution in [1.29, 1.82) is 0 Å². The molecule has 1 aromatic carbocycles. The van der Waals surface area contributed by atoms with Crippen LogP contribution in [-0.2, 0) is 6.54 Å². The summed E-state index contributed by atoms with van der Waals surface area (Å²) in [6.45, 7) is 0.210. The maximum absolute atomic E-state index is 9.89. The van der Waals surface area contributed by atoms with Crippen LogP contribution in [0.2, 0.25) is 0 Å². The number of aromatic nitrogens is 2. The van der Waals surface area contributed by atoms with E-state index in [0.29, 0.717) is 0 Å². The largest absolute Gasteiger partial charge is 0.775 e. The van der Waals surface area contributed by atoms with Crippen LogP contribution in [-0.4, -0.2) is 10.4 Å². The molecule has 0 fully saturated rings. The summed E-state index contributed by atoms with van der Waals surface area (Å²) in [6.07, 6.45) is 0.677. The van der Waals surface area contributed by atoms with Gasteiger partial charge in [-0.3, -0.25) is 4.52 Å². The Morgan fingerprint density at radius 3 is 2.88 bits per heavy atom. The zero-order valence-corrected chi connectivity index (χ0v) is 8.80. The van der Waals surface area contributed by atoms with E-state index < -0.39 is 6.10 Å². The van der Waals surface area contributed by atoms with Crippen LogP contribution < -0.4 is 4.68 Å². The average molecular weight is 234 g/mol. The van der Waals surface area contributed by atoms with Gasteiger partial charge in [0.25, 0.3) is 6.20 Å². The maximum atomic E-state index is 9.89. The van der Waals surface area contributed by atoms with Crippen LogP contribution in [0.25, 0.3) is 0 Å². The van der Waals surface area contributed by atoms with E-state index in [4.69, 9.17) is 0 Å². The van der Waals surface area contributed by atoms with Crippen molar-refractivity contribution in [2.75, 3.05) is 0 Å². The number of hydrogen-bond acceptors (Lipinski definition) is 6. The first-order valence-electron chi connectivity index (χ1n) is 4.92. The molecule has 7 heteroatoms. The fourth-order valence-electron chi connectivity index (χ4n) is 1.40. The smallest absolute Gasteiger partial charge is 0.339 e. The zero-order valence-electron chi connectivity index (χ0n) is 8.80. The molecule has 1 heterocycles. The minimum atomic E-state index is -0.705. The van der Waals surface area contributed by atoms with E-state index in [2.05, 4.69) is 20.2 Å². The van der Waals surface area contributed by atoms with Gasteiger partial charge in [-0.25, -0.2) is 5.28 Å². The Kier molecular flexibility index (Phi) is 3.41. The third-order valence-corrected chi connectivity index (χ3v) is 2.18. The Morgan fingerprint density at radius 2 is 2.18 bits per heavy atom. The molecule has 0 bridgehead atoms. The van der Waals surface area contributed by atoms with E-state index in [1.807, 2.05) is 30.3 Å². The van der Waals surface area contributed by atoms with E-state index in [-0.39, 0.29) is 12.4 Å². The lowest BCUT2D eigenvalue weighted by atomic mass is 10.1. The summed E-state index contributed by atoms with van der Waals surface area (Å²) in [7, 11) is 0. The molecule has 0 spiro atoms. The van der Waals surface area contributed by atoms with E-state index in [0.717, 1.165) is 5.56 Å². The highest BCUT2D eigenvalue weighted by Crippen LogP contribution is 2.12. The molecule has 1 aromatic heterocycles. The van der Waals surface area contributed by atoms with E-state index in [1.54, 1.807) is 0 Å². The van der Waals surface area contributed by atoms with Crippen molar-refractivity contribution in [3.05, 3.63) is 47.3 Å². The van der Waals surface area contributed by atoms with E-state index in [1.165, 1.54) is 10.9 Å². The number of aliphatic hydroxyl groups excluding tert-OH is 1. The Morgan fingerprint density at radius 1 is 1.41 bits per heavy atom. The lowest BCUT2D eigenvalue weighted by Crippen LogP contribution is -2.37. The van der Waals surface area contributed by atoms with Gasteiger partial charge in [-0.1, -0.05) is 30.3 Å². The molecule has 0 saturated carbocycles. The molecule has 2 rings (SSSR count). The Balaban J connectivity index is 2.05. The molecule has 1 N–H and O–H groups in total. The van der Waals surface area contributed by atoms with Crippen LogP contribution in [0.15, 0.2) is 51.4 Å². The third-order valence-electron chi connectivity index (χ3n) is 2.18. The Bertz CT molecular complexity index is 497. The fourth-order valence-corrected chi connectivity index (χ4v) is 1.40. The molecule has 88 valence electrons. The van der Waals surface area contributed by atoms with Crippen LogP contribution in [0, 0.1) is 5.21 Å². The van der Waals surface area contributed by atoms with Crippen molar-refractivity contribution in [2.45, 2.75) is 12.6 Å². The first kappa shape index (κ1) is 11.2. The minimum absolute atomic E-state index is 0.000242. The summed E-state index contributed by atoms with van der Waals surface area (Å²) in [5.74, 6) is 0.000242. The second-order valence-corrected chi connectivity index (χ2v) is 3.37. The van der Waals surface area contributed by atoms with Gasteiger partial charge in [-0.05, 0) is 10.2 Å². The summed E-state index contributed by atoms with van der Waals surface area (Å²) in [5, 5.41) is 28.8. The molecule has 0 aliphatic heterocycles. The molecular formula is C10H10N4O3. The summed E-state index contributed by atoms with van der Waals surface area (Å²) in [4.78, 5) is 0. The van der Waals surface area contributed by atoms with E-state index >= 15 is 0 Å². The third kappa shape index (κ3) is 2.85. The second-order valence-electron chi connectivity index (χ2n) is 3.37. The van der Waals surface area contributed by atoms with Gasteiger partial charge in [0, 0.05) is 0 Å². The van der Waals surface area contributed by atoms with Gasteiger partial charge in [-0.2, -0.15) is 0 Å². The summed E-state index contributed by atoms with van der Waals surface area (Å²) in [6, 6.07) is 9.16. The highest BCUT2D eigenvalue weighted by atomic mass is 16.5. The maximum Gasteiger partial charge on any atom is 0.339 e. The number of hydrogen-bond donors (Lipinski definition) is 1. The van der Waals surface area contributed by atoms with Crippen molar-refractivity contribution in [3.8, 4) is 0 Å². The minimum Gasteiger partial charge on any atom is -0.775 e. The first-order chi connectivity index (χ1) is 8.29. The highest BCUT2D eigenvalue weighted by Gasteiger charge is 2.17. The average Bonchev–Trinajstić information content (AvgIpc) is 2.78. The van der Waals surface area contributed by atoms with Gasteiger partial charge in [0.05, 0.1) is 0 Å². The molecule has 17 heavy (non-hydrogen) atoms. The quantitative estimate of drug-likeness (QED) is 0.489. The number of aliphatic hydroxyl groups is 1. The molecule has 1 atom stereocenters. The standard InChI is InChI=1S/C10H10N4O3/c15-9(8-4-2-1-3-5-8)6-14-7-10(11-12-16)17-13-14/h1-5,7,9,15H,6H2. The first-order valence-corrected chi connectivity index (χ1v) is 4.92. The van der Waals surface area contributed by atoms with Gasteiger partial charge in [-0.15, -0.1) is 5.11 Å². The summed E-state index contributed by atoms with van der Waals surface area (Å²) < 4.78 is 6.03. The Labute approximate surface area is 96.6 Å². The van der Waals surface area contributed by atoms with Crippen molar-refractivity contribution >= 4 is 5.88 Å². The van der Waals surface area contributed by atoms with Crippen molar-refractivity contribution in [3.63, 3.8) is 0 Å². The lowest BCUT2D eigenvalue weighted by Gasteiger charge is -2.03. The van der Waals surface area contributed by atoms with Crippen LogP contribution in [0.4, 0.5) is 5.88 Å². The van der Waals surface area contributed by atoms with Gasteiger partial charge >= 0.3 is 5.88 Å². The van der Waals surface area contributed by atoms with Crippen molar-refractivity contribution < 1.29 is 14.3 Å². The predicted octanol–water partition coefficient (Wildman–Crippen LogP) is 1.28. The molecule has 0 radical (unpaired) electrons. The molecule has 0 aliphatic rings. The Hall–Kier alpha value is -2.28. The van der Waals surface area contributed by atoms with Gasteiger partial charge in [0.15, 0.2) is 0 Å². The van der Waals surface area contributed by atoms with Crippen LogP contribution in [0.1, 0.15) is 11.7 Å². The SMILES string of the molecule is [O-]/N=N/c1c[n+](CC(O)c2ccccc2)no1. The highest BCUT2D eigenvalue weighted by molar-refractivity contribution is 5.16. The molecule has 2 aromatic rings. The molecule has 0 saturated heterocycles. The lowest BCUT2D eigenvalue weighted by molar-refractivity contribution is -0.768. The molecule has 0 amide bonds. The summed E-state index contributed by atoms with van der Waals surface area (Å²) in [5.41, 5.74) is 0.773. The van der Waals surface area contributed by atoms with Crippen LogP contribution in [0.5, 0.6) is 0 Å². The predicted molar refractivity (Wildman–Crippen MR) is 56.0 cm³/mol. The molecule has 0 aliphatic carbocycles. The van der Waals surface area contributed by atoms with Crippen LogP contribution in [0.3, 0.4) is 0 Å². The zero-order chi connectivity index (χ0) is 12.1. The van der Waals surface area contributed by atoms with Gasteiger partial charge < -0.3 is 10.3 Å². The number of rotatable bonds is 4. The van der Waals surface area contributed by atoms with Crippen LogP contribution >= 0.6 is 0 Å². The van der Waals surface area contributed by atoms with Crippen molar-refractivity contribution in [1.82, 2.24) is 5.27 Å². The van der Waals surface area contributed by atoms with Gasteiger partial charge in [0.2, 0.25) is 11.8 Å². The summed E-state index contributed by atoms with van der Waals surface area (Å²) >= 11 is 0. The monoisotopic (exact) mass is 234 g/mol. The number of benzene rings is 1. The number of nitrogens with zero attached hydrogens (tertiary/aromatic N) is 4. The molecule has 7 nitrogen and oxygen atoms in total. The van der Waals surface area contributed by atoms with E-state index in [9.17, 15) is 10.3 Å². The molecule has 1 unspecified atom stereocenters.